The molecule has 2 aromatic rings. The molecule has 1 amide bonds. The van der Waals surface area contributed by atoms with Gasteiger partial charge in [-0.25, -0.2) is 8.42 Å². The quantitative estimate of drug-likeness (QED) is 0.638. The Hall–Kier alpha value is -2.74. The minimum atomic E-state index is -3.64. The zero-order valence-corrected chi connectivity index (χ0v) is 18.0. The van der Waals surface area contributed by atoms with Crippen LogP contribution in [0.4, 0.5) is 5.69 Å². The van der Waals surface area contributed by atoms with Crippen LogP contribution in [0.5, 0.6) is 11.5 Å². The summed E-state index contributed by atoms with van der Waals surface area (Å²) in [6.45, 7) is 4.03. The van der Waals surface area contributed by atoms with E-state index in [1.54, 1.807) is 31.4 Å². The fourth-order valence-electron chi connectivity index (χ4n) is 2.90. The Bertz CT molecular complexity index is 896. The van der Waals surface area contributed by atoms with Gasteiger partial charge in [-0.2, -0.15) is 0 Å². The average Bonchev–Trinajstić information content (AvgIpc) is 2.70. The number of carbonyl (C=O) groups is 1. The molecule has 0 saturated heterocycles. The Kier molecular flexibility index (Phi) is 7.90. The number of sulfonamides is 1. The highest BCUT2D eigenvalue weighted by atomic mass is 32.2. The van der Waals surface area contributed by atoms with Gasteiger partial charge in [-0.15, -0.1) is 0 Å². The number of anilines is 1. The Labute approximate surface area is 172 Å². The molecule has 0 saturated carbocycles. The van der Waals surface area contributed by atoms with E-state index in [9.17, 15) is 13.2 Å². The SMILES string of the molecule is CCOc1ccc(N(CC(=O)NC(CC)c2ccc(OC)cc2)S(C)(=O)=O)cc1. The summed E-state index contributed by atoms with van der Waals surface area (Å²) in [5.74, 6) is 0.986. The molecule has 2 rings (SSSR count). The summed E-state index contributed by atoms with van der Waals surface area (Å²) in [6, 6.07) is 13.8. The maximum Gasteiger partial charge on any atom is 0.241 e. The average molecular weight is 421 g/mol. The molecule has 1 atom stereocenters. The molecular weight excluding hydrogens is 392 g/mol. The molecule has 2 aromatic carbocycles. The molecule has 0 aliphatic heterocycles. The lowest BCUT2D eigenvalue weighted by Gasteiger charge is -2.24. The molecule has 0 fully saturated rings. The van der Waals surface area contributed by atoms with Gasteiger partial charge in [0.25, 0.3) is 0 Å². The highest BCUT2D eigenvalue weighted by Crippen LogP contribution is 2.23. The number of hydrogen-bond acceptors (Lipinski definition) is 5. The van der Waals surface area contributed by atoms with E-state index in [2.05, 4.69) is 5.32 Å². The van der Waals surface area contributed by atoms with Gasteiger partial charge in [-0.05, 0) is 55.3 Å². The molecule has 0 aliphatic rings. The van der Waals surface area contributed by atoms with Crippen molar-refractivity contribution in [2.45, 2.75) is 26.3 Å². The van der Waals surface area contributed by atoms with Crippen LogP contribution in [0.15, 0.2) is 48.5 Å². The van der Waals surface area contributed by atoms with Gasteiger partial charge >= 0.3 is 0 Å². The number of nitrogens with zero attached hydrogens (tertiary/aromatic N) is 1. The zero-order valence-electron chi connectivity index (χ0n) is 17.2. The summed E-state index contributed by atoms with van der Waals surface area (Å²) < 4.78 is 36.2. The van der Waals surface area contributed by atoms with Crippen molar-refractivity contribution in [1.82, 2.24) is 5.32 Å². The van der Waals surface area contributed by atoms with Crippen molar-refractivity contribution < 1.29 is 22.7 Å². The second-order valence-corrected chi connectivity index (χ2v) is 8.40. The highest BCUT2D eigenvalue weighted by molar-refractivity contribution is 7.92. The third-order valence-electron chi connectivity index (χ3n) is 4.38. The molecule has 0 bridgehead atoms. The van der Waals surface area contributed by atoms with Crippen LogP contribution in [0.1, 0.15) is 31.9 Å². The number of rotatable bonds is 10. The van der Waals surface area contributed by atoms with Gasteiger partial charge in [-0.3, -0.25) is 9.10 Å². The molecule has 7 nitrogen and oxygen atoms in total. The lowest BCUT2D eigenvalue weighted by atomic mass is 10.0. The first-order chi connectivity index (χ1) is 13.8. The topological polar surface area (TPSA) is 84.9 Å². The number of carbonyl (C=O) groups excluding carboxylic acids is 1. The van der Waals surface area contributed by atoms with Crippen molar-refractivity contribution in [1.29, 1.82) is 0 Å². The second kappa shape index (κ2) is 10.2. The summed E-state index contributed by atoms with van der Waals surface area (Å²) in [5, 5.41) is 2.91. The van der Waals surface area contributed by atoms with Gasteiger partial charge in [0.1, 0.15) is 18.0 Å². The molecule has 158 valence electrons. The standard InChI is InChI=1S/C21H28N2O5S/c1-5-20(16-7-11-18(27-3)12-8-16)22-21(24)15-23(29(4,25)26)17-9-13-19(14-10-17)28-6-2/h7-14,20H,5-6,15H2,1-4H3,(H,22,24). The largest absolute Gasteiger partial charge is 0.497 e. The summed E-state index contributed by atoms with van der Waals surface area (Å²) in [5.41, 5.74) is 1.33. The summed E-state index contributed by atoms with van der Waals surface area (Å²) in [4.78, 5) is 12.6. The van der Waals surface area contributed by atoms with Crippen molar-refractivity contribution >= 4 is 21.6 Å². The van der Waals surface area contributed by atoms with Crippen LogP contribution < -0.4 is 19.1 Å². The van der Waals surface area contributed by atoms with E-state index in [1.165, 1.54) is 0 Å². The van der Waals surface area contributed by atoms with E-state index in [4.69, 9.17) is 9.47 Å². The molecule has 0 aliphatic carbocycles. The van der Waals surface area contributed by atoms with Gasteiger partial charge in [-0.1, -0.05) is 19.1 Å². The Morgan fingerprint density at radius 3 is 2.10 bits per heavy atom. The first-order valence-electron chi connectivity index (χ1n) is 9.42. The number of ether oxygens (including phenoxy) is 2. The molecule has 0 spiro atoms. The monoisotopic (exact) mass is 420 g/mol. The smallest absolute Gasteiger partial charge is 0.241 e. The number of hydrogen-bond donors (Lipinski definition) is 1. The van der Waals surface area contributed by atoms with Crippen LogP contribution >= 0.6 is 0 Å². The van der Waals surface area contributed by atoms with Gasteiger partial charge in [0.15, 0.2) is 0 Å². The predicted molar refractivity (Wildman–Crippen MR) is 114 cm³/mol. The molecule has 0 radical (unpaired) electrons. The van der Waals surface area contributed by atoms with E-state index in [-0.39, 0.29) is 18.5 Å². The van der Waals surface area contributed by atoms with Crippen LogP contribution in [-0.4, -0.2) is 40.8 Å². The van der Waals surface area contributed by atoms with Crippen molar-refractivity contribution in [2.24, 2.45) is 0 Å². The van der Waals surface area contributed by atoms with Gasteiger partial charge in [0, 0.05) is 0 Å². The van der Waals surface area contributed by atoms with E-state index >= 15 is 0 Å². The zero-order chi connectivity index (χ0) is 21.4. The van der Waals surface area contributed by atoms with Crippen LogP contribution in [0, 0.1) is 0 Å². The molecule has 1 unspecified atom stereocenters. The fourth-order valence-corrected chi connectivity index (χ4v) is 3.76. The minimum absolute atomic E-state index is 0.227. The predicted octanol–water partition coefficient (Wildman–Crippen LogP) is 3.13. The van der Waals surface area contributed by atoms with E-state index in [0.717, 1.165) is 21.9 Å². The summed E-state index contributed by atoms with van der Waals surface area (Å²) in [7, 11) is -2.05. The summed E-state index contributed by atoms with van der Waals surface area (Å²) >= 11 is 0. The number of nitrogens with one attached hydrogen (secondary N) is 1. The maximum atomic E-state index is 12.6. The van der Waals surface area contributed by atoms with Crippen molar-refractivity contribution in [3.8, 4) is 11.5 Å². The second-order valence-electron chi connectivity index (χ2n) is 6.50. The molecule has 29 heavy (non-hydrogen) atoms. The lowest BCUT2D eigenvalue weighted by molar-refractivity contribution is -0.120. The molecule has 1 N–H and O–H groups in total. The summed E-state index contributed by atoms with van der Waals surface area (Å²) in [6.07, 6.45) is 1.75. The number of benzene rings is 2. The molecule has 0 aromatic heterocycles. The van der Waals surface area contributed by atoms with E-state index < -0.39 is 10.0 Å². The van der Waals surface area contributed by atoms with Crippen LogP contribution in [-0.2, 0) is 14.8 Å². The van der Waals surface area contributed by atoms with Gasteiger partial charge in [0.2, 0.25) is 15.9 Å². The van der Waals surface area contributed by atoms with E-state index in [1.807, 2.05) is 38.1 Å². The first kappa shape index (κ1) is 22.5. The molecular formula is C21H28N2O5S. The lowest BCUT2D eigenvalue weighted by Crippen LogP contribution is -2.41. The van der Waals surface area contributed by atoms with Crippen LogP contribution in [0.3, 0.4) is 0 Å². The first-order valence-corrected chi connectivity index (χ1v) is 11.3. The van der Waals surface area contributed by atoms with Crippen molar-refractivity contribution in [3.63, 3.8) is 0 Å². The van der Waals surface area contributed by atoms with Crippen molar-refractivity contribution in [2.75, 3.05) is 30.8 Å². The maximum absolute atomic E-state index is 12.6. The number of methoxy groups -OCH3 is 1. The third-order valence-corrected chi connectivity index (χ3v) is 5.53. The van der Waals surface area contributed by atoms with Crippen LogP contribution in [0.25, 0.3) is 0 Å². The number of amides is 1. The van der Waals surface area contributed by atoms with Gasteiger partial charge < -0.3 is 14.8 Å². The Morgan fingerprint density at radius 2 is 1.62 bits per heavy atom. The Balaban J connectivity index is 2.14. The van der Waals surface area contributed by atoms with Crippen LogP contribution in [0.2, 0.25) is 0 Å². The van der Waals surface area contributed by atoms with Crippen molar-refractivity contribution in [3.05, 3.63) is 54.1 Å². The minimum Gasteiger partial charge on any atom is -0.497 e. The normalized spacial score (nSPS) is 12.1. The highest BCUT2D eigenvalue weighted by Gasteiger charge is 2.22. The third kappa shape index (κ3) is 6.39. The Morgan fingerprint density at radius 1 is 1.03 bits per heavy atom. The van der Waals surface area contributed by atoms with Gasteiger partial charge in [0.05, 0.1) is 31.7 Å². The fraction of sp³-hybridized carbons (Fsp3) is 0.381. The molecule has 8 heteroatoms. The van der Waals surface area contributed by atoms with E-state index in [0.29, 0.717) is 24.5 Å². The molecule has 0 heterocycles.